The summed E-state index contributed by atoms with van der Waals surface area (Å²) >= 11 is 6.12. The number of anilines is 1. The minimum atomic E-state index is 0.109. The van der Waals surface area contributed by atoms with Crippen molar-refractivity contribution in [2.24, 2.45) is 10.4 Å². The van der Waals surface area contributed by atoms with Gasteiger partial charge in [0.1, 0.15) is 5.84 Å². The van der Waals surface area contributed by atoms with E-state index >= 15 is 0 Å². The van der Waals surface area contributed by atoms with Gasteiger partial charge in [0.15, 0.2) is 0 Å². The molecule has 2 heterocycles. The number of benzene rings is 2. The van der Waals surface area contributed by atoms with E-state index in [-0.39, 0.29) is 5.41 Å². The van der Waals surface area contributed by atoms with Gasteiger partial charge < -0.3 is 10.6 Å². The molecule has 25 heavy (non-hydrogen) atoms. The first kappa shape index (κ1) is 16.6. The lowest BCUT2D eigenvalue weighted by Crippen LogP contribution is -2.51. The fourth-order valence-corrected chi connectivity index (χ4v) is 4.42. The molecular weight excluding hydrogens is 330 g/mol. The fourth-order valence-electron chi connectivity index (χ4n) is 4.21. The third kappa shape index (κ3) is 3.44. The maximum absolute atomic E-state index is 6.12. The molecule has 4 rings (SSSR count). The highest BCUT2D eigenvalue weighted by atomic mass is 35.5. The molecule has 1 fully saturated rings. The second kappa shape index (κ2) is 6.81. The van der Waals surface area contributed by atoms with Gasteiger partial charge in [-0.2, -0.15) is 0 Å². The van der Waals surface area contributed by atoms with Crippen molar-refractivity contribution in [2.75, 3.05) is 11.9 Å². The molecule has 2 aromatic rings. The van der Waals surface area contributed by atoms with Crippen LogP contribution in [-0.2, 0) is 13.0 Å². The van der Waals surface area contributed by atoms with Crippen molar-refractivity contribution >= 4 is 23.1 Å². The van der Waals surface area contributed by atoms with Crippen LogP contribution in [0, 0.1) is 5.41 Å². The van der Waals surface area contributed by atoms with Gasteiger partial charge in [0, 0.05) is 22.2 Å². The summed E-state index contributed by atoms with van der Waals surface area (Å²) in [6.45, 7) is 3.98. The van der Waals surface area contributed by atoms with Crippen LogP contribution in [0.15, 0.2) is 53.5 Å². The van der Waals surface area contributed by atoms with Crippen LogP contribution in [0.2, 0.25) is 5.02 Å². The van der Waals surface area contributed by atoms with Crippen molar-refractivity contribution < 1.29 is 0 Å². The highest BCUT2D eigenvalue weighted by Gasteiger charge is 2.42. The molecule has 2 aliphatic heterocycles. The van der Waals surface area contributed by atoms with E-state index in [1.165, 1.54) is 11.3 Å². The standard InChI is InChI=1S/C21H24ClN3/c1-15-12-21(9-10-23-15)13-17-6-2-3-8-19(17)25-20(21)24-14-16-5-4-7-18(22)11-16/h2-8,11,15,23H,9-10,12-14H2,1H3,(H,24,25). The zero-order chi connectivity index (χ0) is 17.3. The molecule has 2 N–H and O–H groups in total. The number of aliphatic imine (C=N–C) groups is 1. The Balaban J connectivity index is 1.68. The minimum absolute atomic E-state index is 0.109. The van der Waals surface area contributed by atoms with Gasteiger partial charge in [-0.15, -0.1) is 0 Å². The third-order valence-corrected chi connectivity index (χ3v) is 5.64. The first-order valence-corrected chi connectivity index (χ1v) is 9.40. The molecule has 0 aliphatic carbocycles. The van der Waals surface area contributed by atoms with E-state index < -0.39 is 0 Å². The Hall–Kier alpha value is -1.84. The smallest absolute Gasteiger partial charge is 0.108 e. The second-order valence-corrected chi connectivity index (χ2v) is 7.78. The van der Waals surface area contributed by atoms with Crippen molar-refractivity contribution in [1.29, 1.82) is 0 Å². The third-order valence-electron chi connectivity index (χ3n) is 5.40. The Bertz CT molecular complexity index is 801. The second-order valence-electron chi connectivity index (χ2n) is 7.34. The zero-order valence-corrected chi connectivity index (χ0v) is 15.3. The number of hydrogen-bond acceptors (Lipinski definition) is 2. The van der Waals surface area contributed by atoms with Crippen LogP contribution in [0.3, 0.4) is 0 Å². The molecule has 2 aliphatic rings. The summed E-state index contributed by atoms with van der Waals surface area (Å²) in [7, 11) is 0. The van der Waals surface area contributed by atoms with Gasteiger partial charge in [-0.3, -0.25) is 4.99 Å². The molecule has 1 saturated heterocycles. The molecule has 4 heteroatoms. The van der Waals surface area contributed by atoms with Gasteiger partial charge >= 0.3 is 0 Å². The van der Waals surface area contributed by atoms with E-state index in [9.17, 15) is 0 Å². The normalized spacial score (nSPS) is 27.1. The Labute approximate surface area is 154 Å². The predicted octanol–water partition coefficient (Wildman–Crippen LogP) is 4.67. The molecule has 2 unspecified atom stereocenters. The van der Waals surface area contributed by atoms with E-state index in [1.807, 2.05) is 18.2 Å². The van der Waals surface area contributed by atoms with E-state index in [4.69, 9.17) is 16.6 Å². The number of para-hydroxylation sites is 1. The molecule has 130 valence electrons. The predicted molar refractivity (Wildman–Crippen MR) is 105 cm³/mol. The van der Waals surface area contributed by atoms with Gasteiger partial charge in [-0.05, 0) is 62.1 Å². The minimum Gasteiger partial charge on any atom is -0.343 e. The largest absolute Gasteiger partial charge is 0.343 e. The van der Waals surface area contributed by atoms with Crippen molar-refractivity contribution in [3.05, 3.63) is 64.7 Å². The summed E-state index contributed by atoms with van der Waals surface area (Å²) in [4.78, 5) is 5.02. The molecule has 1 spiro atoms. The first-order valence-electron chi connectivity index (χ1n) is 9.02. The molecule has 2 aromatic carbocycles. The van der Waals surface area contributed by atoms with E-state index in [0.29, 0.717) is 12.6 Å². The van der Waals surface area contributed by atoms with Crippen LogP contribution in [0.4, 0.5) is 5.69 Å². The highest BCUT2D eigenvalue weighted by molar-refractivity contribution is 6.30. The Morgan fingerprint density at radius 1 is 1.20 bits per heavy atom. The number of nitrogens with zero attached hydrogens (tertiary/aromatic N) is 1. The van der Waals surface area contributed by atoms with Crippen molar-refractivity contribution in [1.82, 2.24) is 5.32 Å². The summed E-state index contributed by atoms with van der Waals surface area (Å²) in [5, 5.41) is 8.00. The van der Waals surface area contributed by atoms with Crippen LogP contribution < -0.4 is 10.6 Å². The van der Waals surface area contributed by atoms with E-state index in [1.54, 1.807) is 0 Å². The Morgan fingerprint density at radius 3 is 2.92 bits per heavy atom. The number of piperidine rings is 1. The van der Waals surface area contributed by atoms with Crippen LogP contribution in [0.1, 0.15) is 30.9 Å². The van der Waals surface area contributed by atoms with E-state index in [0.717, 1.165) is 42.2 Å². The lowest BCUT2D eigenvalue weighted by atomic mass is 9.69. The summed E-state index contributed by atoms with van der Waals surface area (Å²) in [6.07, 6.45) is 3.30. The molecule has 0 amide bonds. The Kier molecular flexibility index (Phi) is 4.53. The van der Waals surface area contributed by atoms with Crippen molar-refractivity contribution in [3.8, 4) is 0 Å². The monoisotopic (exact) mass is 353 g/mol. The van der Waals surface area contributed by atoms with Gasteiger partial charge in [-0.25, -0.2) is 0 Å². The topological polar surface area (TPSA) is 36.4 Å². The summed E-state index contributed by atoms with van der Waals surface area (Å²) in [5.74, 6) is 1.14. The highest BCUT2D eigenvalue weighted by Crippen LogP contribution is 2.42. The molecule has 0 radical (unpaired) electrons. The number of halogens is 1. The number of hydrogen-bond donors (Lipinski definition) is 2. The summed E-state index contributed by atoms with van der Waals surface area (Å²) in [5.41, 5.74) is 3.86. The Morgan fingerprint density at radius 2 is 2.08 bits per heavy atom. The zero-order valence-electron chi connectivity index (χ0n) is 14.6. The number of fused-ring (bicyclic) bond motifs is 1. The van der Waals surface area contributed by atoms with Gasteiger partial charge in [0.05, 0.1) is 6.54 Å². The lowest BCUT2D eigenvalue weighted by molar-refractivity contribution is 0.248. The quantitative estimate of drug-likeness (QED) is 0.823. The number of nitrogens with one attached hydrogen (secondary N) is 2. The number of amidine groups is 1. The lowest BCUT2D eigenvalue weighted by Gasteiger charge is -2.45. The van der Waals surface area contributed by atoms with Crippen molar-refractivity contribution in [2.45, 2.75) is 38.8 Å². The molecule has 0 saturated carbocycles. The SMILES string of the molecule is CC1CC2(CCN1)Cc1ccccc1NC2=NCc1cccc(Cl)c1. The fraction of sp³-hybridized carbons (Fsp3) is 0.381. The average molecular weight is 354 g/mol. The molecular formula is C21H24ClN3. The number of rotatable bonds is 2. The summed E-state index contributed by atoms with van der Waals surface area (Å²) < 4.78 is 0. The molecule has 0 bridgehead atoms. The van der Waals surface area contributed by atoms with Gasteiger partial charge in [0.2, 0.25) is 0 Å². The van der Waals surface area contributed by atoms with Crippen LogP contribution >= 0.6 is 11.6 Å². The van der Waals surface area contributed by atoms with Gasteiger partial charge in [-0.1, -0.05) is 41.9 Å². The first-order chi connectivity index (χ1) is 12.1. The molecule has 0 aromatic heterocycles. The maximum atomic E-state index is 6.12. The maximum Gasteiger partial charge on any atom is 0.108 e. The molecule has 2 atom stereocenters. The average Bonchev–Trinajstić information content (AvgIpc) is 2.60. The van der Waals surface area contributed by atoms with Crippen LogP contribution in [0.5, 0.6) is 0 Å². The summed E-state index contributed by atoms with van der Waals surface area (Å²) in [6, 6.07) is 17.1. The molecule has 3 nitrogen and oxygen atoms in total. The van der Waals surface area contributed by atoms with Gasteiger partial charge in [0.25, 0.3) is 0 Å². The van der Waals surface area contributed by atoms with Crippen LogP contribution in [0.25, 0.3) is 0 Å². The van der Waals surface area contributed by atoms with Crippen LogP contribution in [-0.4, -0.2) is 18.4 Å². The van der Waals surface area contributed by atoms with Crippen molar-refractivity contribution in [3.63, 3.8) is 0 Å². The van der Waals surface area contributed by atoms with E-state index in [2.05, 4.69) is 47.9 Å².